The van der Waals surface area contributed by atoms with Crippen molar-refractivity contribution in [2.75, 3.05) is 17.7 Å². The monoisotopic (exact) mass is 226 g/mol. The molecule has 0 spiro atoms. The van der Waals surface area contributed by atoms with Crippen LogP contribution in [0.2, 0.25) is 5.02 Å². The van der Waals surface area contributed by atoms with Crippen LogP contribution < -0.4 is 10.6 Å². The molecule has 0 aromatic heterocycles. The predicted octanol–water partition coefficient (Wildman–Crippen LogP) is 3.40. The smallest absolute Gasteiger partial charge is 0.0600 e. The predicted molar refractivity (Wildman–Crippen MR) is 68.6 cm³/mol. The van der Waals surface area contributed by atoms with Crippen molar-refractivity contribution < 1.29 is 0 Å². The van der Waals surface area contributed by atoms with Gasteiger partial charge in [-0.05, 0) is 31.0 Å². The fourth-order valence-electron chi connectivity index (χ4n) is 1.51. The number of nitrogen functional groups attached to an aromatic ring is 1. The Morgan fingerprint density at radius 3 is 2.33 bits per heavy atom. The summed E-state index contributed by atoms with van der Waals surface area (Å²) in [5.41, 5.74) is 7.71. The van der Waals surface area contributed by atoms with Crippen molar-refractivity contribution in [2.24, 2.45) is 5.92 Å². The van der Waals surface area contributed by atoms with Gasteiger partial charge in [-0.2, -0.15) is 0 Å². The minimum atomic E-state index is 0.452. The van der Waals surface area contributed by atoms with E-state index >= 15 is 0 Å². The molecule has 84 valence electrons. The maximum Gasteiger partial charge on any atom is 0.0600 e. The van der Waals surface area contributed by atoms with Gasteiger partial charge in [-0.1, -0.05) is 25.4 Å². The van der Waals surface area contributed by atoms with Crippen molar-refractivity contribution >= 4 is 23.0 Å². The molecule has 0 aliphatic rings. The second-order valence-electron chi connectivity index (χ2n) is 4.30. The standard InChI is InChI=1S/C12H19ClN2/c1-8(2)9(3)15(4)12-6-5-10(13)7-11(12)14/h5-9H,14H2,1-4H3. The molecule has 0 bridgehead atoms. The number of anilines is 2. The van der Waals surface area contributed by atoms with Gasteiger partial charge in [-0.3, -0.25) is 0 Å². The second kappa shape index (κ2) is 4.75. The number of rotatable bonds is 3. The van der Waals surface area contributed by atoms with E-state index in [1.54, 1.807) is 6.07 Å². The van der Waals surface area contributed by atoms with Crippen LogP contribution in [0.5, 0.6) is 0 Å². The summed E-state index contributed by atoms with van der Waals surface area (Å²) < 4.78 is 0. The Bertz CT molecular complexity index is 336. The largest absolute Gasteiger partial charge is 0.397 e. The Hall–Kier alpha value is -0.890. The van der Waals surface area contributed by atoms with Crippen LogP contribution >= 0.6 is 11.6 Å². The molecule has 0 saturated carbocycles. The van der Waals surface area contributed by atoms with Crippen LogP contribution in [0, 0.1) is 5.92 Å². The molecule has 1 aromatic rings. The molecule has 2 nitrogen and oxygen atoms in total. The summed E-state index contributed by atoms with van der Waals surface area (Å²) in [6, 6.07) is 6.09. The molecular weight excluding hydrogens is 208 g/mol. The molecule has 1 aromatic carbocycles. The molecule has 1 atom stereocenters. The van der Waals surface area contributed by atoms with Gasteiger partial charge in [-0.25, -0.2) is 0 Å². The Kier molecular flexibility index (Phi) is 3.86. The van der Waals surface area contributed by atoms with E-state index in [1.165, 1.54) is 0 Å². The quantitative estimate of drug-likeness (QED) is 0.801. The van der Waals surface area contributed by atoms with Crippen LogP contribution in [-0.2, 0) is 0 Å². The van der Waals surface area contributed by atoms with Gasteiger partial charge in [0.25, 0.3) is 0 Å². The first-order chi connectivity index (χ1) is 6.93. The number of benzene rings is 1. The van der Waals surface area contributed by atoms with Gasteiger partial charge < -0.3 is 10.6 Å². The van der Waals surface area contributed by atoms with Gasteiger partial charge in [0, 0.05) is 18.1 Å². The normalized spacial score (nSPS) is 12.9. The molecule has 0 amide bonds. The zero-order valence-electron chi connectivity index (χ0n) is 9.79. The van der Waals surface area contributed by atoms with Gasteiger partial charge in [0.1, 0.15) is 0 Å². The third-order valence-corrected chi connectivity index (χ3v) is 3.18. The molecule has 0 fully saturated rings. The van der Waals surface area contributed by atoms with E-state index in [4.69, 9.17) is 17.3 Å². The maximum absolute atomic E-state index is 5.93. The van der Waals surface area contributed by atoms with Crippen LogP contribution in [0.4, 0.5) is 11.4 Å². The number of nitrogens with zero attached hydrogens (tertiary/aromatic N) is 1. The molecule has 15 heavy (non-hydrogen) atoms. The molecule has 0 heterocycles. The van der Waals surface area contributed by atoms with E-state index in [0.29, 0.717) is 17.0 Å². The number of nitrogens with two attached hydrogens (primary N) is 1. The maximum atomic E-state index is 5.93. The SMILES string of the molecule is CC(C)C(C)N(C)c1ccc(Cl)cc1N. The average molecular weight is 227 g/mol. The molecule has 0 aliphatic carbocycles. The van der Waals surface area contributed by atoms with Crippen LogP contribution in [0.3, 0.4) is 0 Å². The minimum Gasteiger partial charge on any atom is -0.397 e. The Morgan fingerprint density at radius 2 is 1.87 bits per heavy atom. The van der Waals surface area contributed by atoms with E-state index < -0.39 is 0 Å². The summed E-state index contributed by atoms with van der Waals surface area (Å²) in [6.07, 6.45) is 0. The van der Waals surface area contributed by atoms with Gasteiger partial charge in [-0.15, -0.1) is 0 Å². The third-order valence-electron chi connectivity index (χ3n) is 2.95. The Balaban J connectivity index is 2.96. The first-order valence-electron chi connectivity index (χ1n) is 5.21. The Labute approximate surface area is 97.0 Å². The van der Waals surface area contributed by atoms with Gasteiger partial charge >= 0.3 is 0 Å². The summed E-state index contributed by atoms with van der Waals surface area (Å²) in [5.74, 6) is 0.588. The molecule has 3 heteroatoms. The summed E-state index contributed by atoms with van der Waals surface area (Å²) in [7, 11) is 2.06. The highest BCUT2D eigenvalue weighted by Crippen LogP contribution is 2.28. The third kappa shape index (κ3) is 2.78. The highest BCUT2D eigenvalue weighted by molar-refractivity contribution is 6.31. The summed E-state index contributed by atoms with van der Waals surface area (Å²) in [5, 5.41) is 0.682. The fraction of sp³-hybridized carbons (Fsp3) is 0.500. The zero-order chi connectivity index (χ0) is 11.6. The van der Waals surface area contributed by atoms with E-state index in [9.17, 15) is 0 Å². The minimum absolute atomic E-state index is 0.452. The summed E-state index contributed by atoms with van der Waals surface area (Å²) in [4.78, 5) is 2.19. The lowest BCUT2D eigenvalue weighted by molar-refractivity contribution is 0.506. The highest BCUT2D eigenvalue weighted by Gasteiger charge is 2.15. The van der Waals surface area contributed by atoms with E-state index in [0.717, 1.165) is 11.4 Å². The van der Waals surface area contributed by atoms with Crippen molar-refractivity contribution in [2.45, 2.75) is 26.8 Å². The van der Waals surface area contributed by atoms with Crippen molar-refractivity contribution in [1.82, 2.24) is 0 Å². The van der Waals surface area contributed by atoms with Crippen molar-refractivity contribution in [1.29, 1.82) is 0 Å². The van der Waals surface area contributed by atoms with E-state index in [2.05, 4.69) is 32.7 Å². The van der Waals surface area contributed by atoms with Crippen LogP contribution in [-0.4, -0.2) is 13.1 Å². The van der Waals surface area contributed by atoms with Crippen LogP contribution in [0.15, 0.2) is 18.2 Å². The van der Waals surface area contributed by atoms with Crippen LogP contribution in [0.1, 0.15) is 20.8 Å². The Morgan fingerprint density at radius 1 is 1.27 bits per heavy atom. The lowest BCUT2D eigenvalue weighted by Gasteiger charge is -2.31. The first kappa shape index (κ1) is 12.2. The summed E-state index contributed by atoms with van der Waals surface area (Å²) >= 11 is 5.87. The fourth-order valence-corrected chi connectivity index (χ4v) is 1.69. The highest BCUT2D eigenvalue weighted by atomic mass is 35.5. The average Bonchev–Trinajstić information content (AvgIpc) is 2.15. The molecule has 0 aliphatic heterocycles. The van der Waals surface area contributed by atoms with Gasteiger partial charge in [0.15, 0.2) is 0 Å². The van der Waals surface area contributed by atoms with E-state index in [1.807, 2.05) is 12.1 Å². The second-order valence-corrected chi connectivity index (χ2v) is 4.74. The van der Waals surface area contributed by atoms with Crippen molar-refractivity contribution in [3.05, 3.63) is 23.2 Å². The zero-order valence-corrected chi connectivity index (χ0v) is 10.5. The number of halogens is 1. The van der Waals surface area contributed by atoms with Crippen molar-refractivity contribution in [3.63, 3.8) is 0 Å². The lowest BCUT2D eigenvalue weighted by Crippen LogP contribution is -2.33. The van der Waals surface area contributed by atoms with Crippen molar-refractivity contribution in [3.8, 4) is 0 Å². The van der Waals surface area contributed by atoms with Crippen LogP contribution in [0.25, 0.3) is 0 Å². The molecular formula is C12H19ClN2. The van der Waals surface area contributed by atoms with Gasteiger partial charge in [0.2, 0.25) is 0 Å². The van der Waals surface area contributed by atoms with Gasteiger partial charge in [0.05, 0.1) is 11.4 Å². The molecule has 0 saturated heterocycles. The molecule has 1 unspecified atom stereocenters. The van der Waals surface area contributed by atoms with E-state index in [-0.39, 0.29) is 0 Å². The lowest BCUT2D eigenvalue weighted by atomic mass is 10.0. The molecule has 1 rings (SSSR count). The number of hydrogen-bond donors (Lipinski definition) is 1. The molecule has 2 N–H and O–H groups in total. The molecule has 0 radical (unpaired) electrons. The summed E-state index contributed by atoms with van der Waals surface area (Å²) in [6.45, 7) is 6.60. The first-order valence-corrected chi connectivity index (χ1v) is 5.59. The topological polar surface area (TPSA) is 29.3 Å². The number of hydrogen-bond acceptors (Lipinski definition) is 2.